The number of carbonyl (C=O) groups is 1. The van der Waals surface area contributed by atoms with Gasteiger partial charge in [0.1, 0.15) is 11.1 Å². The number of hydrogen-bond donors (Lipinski definition) is 1. The summed E-state index contributed by atoms with van der Waals surface area (Å²) < 4.78 is 14.2. The van der Waals surface area contributed by atoms with Crippen LogP contribution in [-0.2, 0) is 4.79 Å². The van der Waals surface area contributed by atoms with E-state index in [2.05, 4.69) is 0 Å². The second kappa shape index (κ2) is 8.63. The maximum atomic E-state index is 14.2. The van der Waals surface area contributed by atoms with Crippen LogP contribution in [0.1, 0.15) is 23.7 Å². The lowest BCUT2D eigenvalue weighted by Gasteiger charge is -2.25. The molecule has 3 nitrogen and oxygen atoms in total. The van der Waals surface area contributed by atoms with Gasteiger partial charge in [0.25, 0.3) is 0 Å². The van der Waals surface area contributed by atoms with Crippen LogP contribution in [0.2, 0.25) is 0 Å². The average molecular weight is 407 g/mol. The summed E-state index contributed by atoms with van der Waals surface area (Å²) in [6.07, 6.45) is 2.16. The predicted octanol–water partition coefficient (Wildman–Crippen LogP) is 4.28. The zero-order valence-electron chi connectivity index (χ0n) is 15.0. The minimum atomic E-state index is -0.442. The molecule has 144 valence electrons. The third-order valence-corrected chi connectivity index (χ3v) is 6.93. The molecule has 2 N–H and O–H groups in total. The fourth-order valence-corrected chi connectivity index (χ4v) is 5.34. The van der Waals surface area contributed by atoms with Crippen molar-refractivity contribution in [2.24, 2.45) is 17.6 Å². The first-order valence-electron chi connectivity index (χ1n) is 9.14. The van der Waals surface area contributed by atoms with Crippen LogP contribution in [-0.4, -0.2) is 29.9 Å². The number of thioether (sulfide) groups is 1. The second-order valence-electron chi connectivity index (χ2n) is 7.25. The number of likely N-dealkylation sites (tertiary alicyclic amines) is 1. The zero-order chi connectivity index (χ0) is 18.1. The van der Waals surface area contributed by atoms with Crippen molar-refractivity contribution in [3.05, 3.63) is 66.0 Å². The van der Waals surface area contributed by atoms with Crippen molar-refractivity contribution in [2.45, 2.75) is 29.0 Å². The molecule has 2 fully saturated rings. The molecule has 0 radical (unpaired) electrons. The van der Waals surface area contributed by atoms with E-state index in [0.29, 0.717) is 16.7 Å². The molecular formula is C21H24ClFN2OS. The van der Waals surface area contributed by atoms with E-state index in [1.54, 1.807) is 18.2 Å². The van der Waals surface area contributed by atoms with E-state index in [0.717, 1.165) is 31.5 Å². The maximum Gasteiger partial charge on any atom is 0.240 e. The second-order valence-corrected chi connectivity index (χ2v) is 8.39. The maximum absolute atomic E-state index is 14.2. The van der Waals surface area contributed by atoms with Crippen LogP contribution >= 0.6 is 24.2 Å². The highest BCUT2D eigenvalue weighted by Crippen LogP contribution is 2.42. The summed E-state index contributed by atoms with van der Waals surface area (Å²) in [6.45, 7) is 1.50. The molecule has 1 amide bonds. The average Bonchev–Trinajstić information content (AvgIpc) is 3.23. The van der Waals surface area contributed by atoms with E-state index in [4.69, 9.17) is 5.73 Å². The molecule has 2 aliphatic rings. The van der Waals surface area contributed by atoms with Crippen LogP contribution in [0.3, 0.4) is 0 Å². The van der Waals surface area contributed by atoms with Crippen molar-refractivity contribution < 1.29 is 9.18 Å². The van der Waals surface area contributed by atoms with E-state index in [1.165, 1.54) is 17.8 Å². The number of halogens is 2. The van der Waals surface area contributed by atoms with Crippen LogP contribution in [0.15, 0.2) is 59.5 Å². The summed E-state index contributed by atoms with van der Waals surface area (Å²) >= 11 is 1.29. The van der Waals surface area contributed by atoms with Gasteiger partial charge in [-0.25, -0.2) is 4.39 Å². The molecule has 1 aliphatic carbocycles. The van der Waals surface area contributed by atoms with Gasteiger partial charge < -0.3 is 10.6 Å². The predicted molar refractivity (Wildman–Crippen MR) is 109 cm³/mol. The van der Waals surface area contributed by atoms with Gasteiger partial charge in [-0.3, -0.25) is 4.79 Å². The molecule has 1 heterocycles. The number of benzene rings is 2. The van der Waals surface area contributed by atoms with Crippen molar-refractivity contribution in [1.29, 1.82) is 0 Å². The van der Waals surface area contributed by atoms with Gasteiger partial charge in [0, 0.05) is 24.0 Å². The first-order chi connectivity index (χ1) is 12.6. The Morgan fingerprint density at radius 1 is 1.07 bits per heavy atom. The van der Waals surface area contributed by atoms with E-state index in [9.17, 15) is 9.18 Å². The molecule has 4 rings (SSSR count). The van der Waals surface area contributed by atoms with Crippen molar-refractivity contribution in [1.82, 2.24) is 4.90 Å². The minimum absolute atomic E-state index is 0. The van der Waals surface area contributed by atoms with Crippen LogP contribution < -0.4 is 5.73 Å². The van der Waals surface area contributed by atoms with Crippen molar-refractivity contribution >= 4 is 30.1 Å². The molecule has 0 bridgehead atoms. The van der Waals surface area contributed by atoms with Gasteiger partial charge >= 0.3 is 0 Å². The number of nitrogens with two attached hydrogens (primary N) is 1. The number of nitrogens with zero attached hydrogens (tertiary/aromatic N) is 1. The van der Waals surface area contributed by atoms with Gasteiger partial charge in [-0.2, -0.15) is 0 Å². The normalized spacial score (nSPS) is 25.0. The van der Waals surface area contributed by atoms with Gasteiger partial charge in [-0.05, 0) is 42.4 Å². The van der Waals surface area contributed by atoms with Crippen LogP contribution in [0.5, 0.6) is 0 Å². The van der Waals surface area contributed by atoms with Crippen molar-refractivity contribution in [3.63, 3.8) is 0 Å². The number of rotatable bonds is 4. The largest absolute Gasteiger partial charge is 0.341 e. The summed E-state index contributed by atoms with van der Waals surface area (Å²) in [5, 5.41) is -0.442. The summed E-state index contributed by atoms with van der Waals surface area (Å²) in [7, 11) is 0. The Kier molecular flexibility index (Phi) is 6.45. The smallest absolute Gasteiger partial charge is 0.240 e. The van der Waals surface area contributed by atoms with E-state index in [1.807, 2.05) is 35.2 Å². The lowest BCUT2D eigenvalue weighted by molar-refractivity contribution is -0.130. The summed E-state index contributed by atoms with van der Waals surface area (Å²) in [6, 6.07) is 16.5. The summed E-state index contributed by atoms with van der Waals surface area (Å²) in [5.41, 5.74) is 7.13. The van der Waals surface area contributed by atoms with E-state index >= 15 is 0 Å². The SMILES string of the molecule is Cl.NC1CCC2CN(C(=O)C(Sc3ccccc3F)c3ccccc3)CC12. The van der Waals surface area contributed by atoms with Crippen LogP contribution in [0.25, 0.3) is 0 Å². The molecule has 2 aromatic carbocycles. The fourth-order valence-electron chi connectivity index (χ4n) is 4.21. The quantitative estimate of drug-likeness (QED) is 0.771. The number of amides is 1. The molecule has 1 saturated carbocycles. The number of hydrogen-bond acceptors (Lipinski definition) is 3. The highest BCUT2D eigenvalue weighted by atomic mass is 35.5. The molecule has 27 heavy (non-hydrogen) atoms. The van der Waals surface area contributed by atoms with Crippen LogP contribution in [0.4, 0.5) is 4.39 Å². The standard InChI is InChI=1S/C21H23FN2OS.ClH/c22-17-8-4-5-9-19(17)26-20(14-6-2-1-3-7-14)21(25)24-12-15-10-11-18(23)16(15)13-24;/h1-9,15-16,18,20H,10-13,23H2;1H. The minimum Gasteiger partial charge on any atom is -0.341 e. The molecule has 2 aromatic rings. The van der Waals surface area contributed by atoms with Crippen molar-refractivity contribution in [2.75, 3.05) is 13.1 Å². The Hall–Kier alpha value is -1.56. The third-order valence-electron chi connectivity index (χ3n) is 5.63. The first kappa shape index (κ1) is 20.2. The molecular weight excluding hydrogens is 383 g/mol. The molecule has 4 unspecified atom stereocenters. The topological polar surface area (TPSA) is 46.3 Å². The summed E-state index contributed by atoms with van der Waals surface area (Å²) in [5.74, 6) is 0.704. The Morgan fingerprint density at radius 2 is 1.78 bits per heavy atom. The molecule has 1 aliphatic heterocycles. The molecule has 0 spiro atoms. The zero-order valence-corrected chi connectivity index (χ0v) is 16.6. The Labute approximate surface area is 169 Å². The van der Waals surface area contributed by atoms with Gasteiger partial charge in [0.05, 0.1) is 0 Å². The first-order valence-corrected chi connectivity index (χ1v) is 10.0. The summed E-state index contributed by atoms with van der Waals surface area (Å²) in [4.78, 5) is 15.8. The van der Waals surface area contributed by atoms with Gasteiger partial charge in [-0.1, -0.05) is 42.5 Å². The third kappa shape index (κ3) is 4.15. The Bertz CT molecular complexity index is 791. The lowest BCUT2D eigenvalue weighted by atomic mass is 9.98. The highest BCUT2D eigenvalue weighted by Gasteiger charge is 2.44. The number of carbonyl (C=O) groups excluding carboxylic acids is 1. The highest BCUT2D eigenvalue weighted by molar-refractivity contribution is 8.00. The number of fused-ring (bicyclic) bond motifs is 1. The Balaban J connectivity index is 0.00000210. The monoisotopic (exact) mass is 406 g/mol. The van der Waals surface area contributed by atoms with Crippen LogP contribution in [0, 0.1) is 17.7 Å². The van der Waals surface area contributed by atoms with E-state index in [-0.39, 0.29) is 30.2 Å². The lowest BCUT2D eigenvalue weighted by Crippen LogP contribution is -2.35. The fraction of sp³-hybridized carbons (Fsp3) is 0.381. The molecule has 4 atom stereocenters. The van der Waals surface area contributed by atoms with Gasteiger partial charge in [0.15, 0.2) is 0 Å². The van der Waals surface area contributed by atoms with Gasteiger partial charge in [0.2, 0.25) is 5.91 Å². The molecule has 6 heteroatoms. The molecule has 1 saturated heterocycles. The van der Waals surface area contributed by atoms with Gasteiger partial charge in [-0.15, -0.1) is 24.2 Å². The molecule has 0 aromatic heterocycles. The Morgan fingerprint density at radius 3 is 2.48 bits per heavy atom. The van der Waals surface area contributed by atoms with Crippen molar-refractivity contribution in [3.8, 4) is 0 Å². The van der Waals surface area contributed by atoms with E-state index < -0.39 is 5.25 Å².